The first-order valence-corrected chi connectivity index (χ1v) is 7.15. The molecule has 0 saturated carbocycles. The van der Waals surface area contributed by atoms with Crippen LogP contribution in [-0.2, 0) is 6.54 Å². The van der Waals surface area contributed by atoms with Crippen LogP contribution in [0.1, 0.15) is 18.3 Å². The van der Waals surface area contributed by atoms with E-state index >= 15 is 0 Å². The lowest BCUT2D eigenvalue weighted by molar-refractivity contribution is 0.475. The van der Waals surface area contributed by atoms with Gasteiger partial charge in [0.15, 0.2) is 0 Å². The molecule has 0 bridgehead atoms. The van der Waals surface area contributed by atoms with E-state index in [0.29, 0.717) is 23.3 Å². The number of nitrogens with zero attached hydrogens (tertiary/aromatic N) is 2. The Labute approximate surface area is 128 Å². The molecule has 0 aliphatic rings. The second-order valence-electron chi connectivity index (χ2n) is 4.96. The van der Waals surface area contributed by atoms with Crippen molar-refractivity contribution in [3.8, 4) is 5.75 Å². The van der Waals surface area contributed by atoms with Crippen molar-refractivity contribution >= 4 is 23.1 Å². The van der Waals surface area contributed by atoms with Gasteiger partial charge in [-0.3, -0.25) is 9.36 Å². The van der Waals surface area contributed by atoms with Gasteiger partial charge in [-0.15, -0.1) is 0 Å². The number of benzene rings is 2. The van der Waals surface area contributed by atoms with Gasteiger partial charge in [0.2, 0.25) is 0 Å². The summed E-state index contributed by atoms with van der Waals surface area (Å²) in [5, 5.41) is 9.93. The van der Waals surface area contributed by atoms with Crippen molar-refractivity contribution in [1.29, 1.82) is 0 Å². The van der Waals surface area contributed by atoms with Crippen LogP contribution in [0.3, 0.4) is 0 Å². The minimum absolute atomic E-state index is 0.0292. The molecular weight excluding hydrogens is 276 g/mol. The molecule has 3 rings (SSSR count). The monoisotopic (exact) mass is 292 g/mol. The molecule has 4 nitrogen and oxygen atoms in total. The van der Waals surface area contributed by atoms with Crippen LogP contribution in [0, 0.1) is 0 Å². The summed E-state index contributed by atoms with van der Waals surface area (Å²) in [6.07, 6.45) is 3.70. The first kappa shape index (κ1) is 14.1. The topological polar surface area (TPSA) is 55.1 Å². The fraction of sp³-hybridized carbons (Fsp3) is 0.111. The zero-order valence-electron chi connectivity index (χ0n) is 12.2. The maximum absolute atomic E-state index is 12.5. The van der Waals surface area contributed by atoms with Crippen LogP contribution >= 0.6 is 0 Å². The van der Waals surface area contributed by atoms with E-state index in [0.717, 1.165) is 5.56 Å². The lowest BCUT2D eigenvalue weighted by Crippen LogP contribution is -2.22. The maximum Gasteiger partial charge on any atom is 0.261 e. The van der Waals surface area contributed by atoms with E-state index in [1.807, 2.05) is 37.3 Å². The van der Waals surface area contributed by atoms with E-state index < -0.39 is 0 Å². The third-order valence-corrected chi connectivity index (χ3v) is 3.53. The van der Waals surface area contributed by atoms with Gasteiger partial charge >= 0.3 is 0 Å². The van der Waals surface area contributed by atoms with Crippen LogP contribution < -0.4 is 5.56 Å². The van der Waals surface area contributed by atoms with Crippen LogP contribution in [0.25, 0.3) is 23.1 Å². The second kappa shape index (κ2) is 5.85. The van der Waals surface area contributed by atoms with Crippen molar-refractivity contribution in [2.75, 3.05) is 0 Å². The molecule has 0 aliphatic carbocycles. The summed E-state index contributed by atoms with van der Waals surface area (Å²) < 4.78 is 1.65. The van der Waals surface area contributed by atoms with Gasteiger partial charge in [-0.25, -0.2) is 4.98 Å². The lowest BCUT2D eigenvalue weighted by atomic mass is 10.2. The highest BCUT2D eigenvalue weighted by molar-refractivity contribution is 5.79. The zero-order valence-corrected chi connectivity index (χ0v) is 12.2. The van der Waals surface area contributed by atoms with Crippen molar-refractivity contribution in [2.45, 2.75) is 13.5 Å². The number of phenols is 1. The van der Waals surface area contributed by atoms with E-state index in [1.54, 1.807) is 34.9 Å². The van der Waals surface area contributed by atoms with Crippen molar-refractivity contribution in [3.05, 3.63) is 70.3 Å². The SMILES string of the molecule is CCn1c(/C=C/c2ccc(O)cc2)nc2ccccc2c1=O. The number of hydrogen-bond acceptors (Lipinski definition) is 3. The van der Waals surface area contributed by atoms with Gasteiger partial charge in [-0.1, -0.05) is 30.3 Å². The first-order chi connectivity index (χ1) is 10.7. The Morgan fingerprint density at radius 2 is 1.82 bits per heavy atom. The fourth-order valence-electron chi connectivity index (χ4n) is 2.37. The van der Waals surface area contributed by atoms with Gasteiger partial charge in [0.1, 0.15) is 11.6 Å². The standard InChI is InChI=1S/C18H16N2O2/c1-2-20-17(12-9-13-7-10-14(21)11-8-13)19-16-6-4-3-5-15(16)18(20)22/h3-12,21H,2H2,1H3/b12-9+. The highest BCUT2D eigenvalue weighted by atomic mass is 16.3. The van der Waals surface area contributed by atoms with Gasteiger partial charge in [0.25, 0.3) is 5.56 Å². The third-order valence-electron chi connectivity index (χ3n) is 3.53. The molecule has 0 atom stereocenters. The number of para-hydroxylation sites is 1. The molecule has 0 spiro atoms. The van der Waals surface area contributed by atoms with Crippen molar-refractivity contribution in [3.63, 3.8) is 0 Å². The number of rotatable bonds is 3. The zero-order chi connectivity index (χ0) is 15.5. The smallest absolute Gasteiger partial charge is 0.261 e. The molecule has 0 amide bonds. The molecule has 1 N–H and O–H groups in total. The van der Waals surface area contributed by atoms with E-state index in [1.165, 1.54) is 0 Å². The minimum Gasteiger partial charge on any atom is -0.508 e. The van der Waals surface area contributed by atoms with E-state index in [2.05, 4.69) is 4.98 Å². The highest BCUT2D eigenvalue weighted by Gasteiger charge is 2.06. The largest absolute Gasteiger partial charge is 0.508 e. The average Bonchev–Trinajstić information content (AvgIpc) is 2.54. The van der Waals surface area contributed by atoms with E-state index in [-0.39, 0.29) is 11.3 Å². The number of aromatic nitrogens is 2. The molecule has 0 aliphatic heterocycles. The van der Waals surface area contributed by atoms with Crippen molar-refractivity contribution in [1.82, 2.24) is 9.55 Å². The summed E-state index contributed by atoms with van der Waals surface area (Å²) in [4.78, 5) is 17.1. The van der Waals surface area contributed by atoms with Crippen LogP contribution in [0.4, 0.5) is 0 Å². The molecular formula is C18H16N2O2. The minimum atomic E-state index is -0.0292. The highest BCUT2D eigenvalue weighted by Crippen LogP contribution is 2.13. The molecule has 3 aromatic rings. The quantitative estimate of drug-likeness (QED) is 0.806. The average molecular weight is 292 g/mol. The normalized spacial score (nSPS) is 11.3. The Kier molecular flexibility index (Phi) is 3.74. The van der Waals surface area contributed by atoms with Gasteiger partial charge in [-0.05, 0) is 42.8 Å². The molecule has 1 aromatic heterocycles. The molecule has 4 heteroatoms. The summed E-state index contributed by atoms with van der Waals surface area (Å²) in [7, 11) is 0. The lowest BCUT2D eigenvalue weighted by Gasteiger charge is -2.08. The third kappa shape index (κ3) is 2.63. The van der Waals surface area contributed by atoms with Gasteiger partial charge in [0, 0.05) is 6.54 Å². The Morgan fingerprint density at radius 3 is 2.55 bits per heavy atom. The predicted molar refractivity (Wildman–Crippen MR) is 88.7 cm³/mol. The predicted octanol–water partition coefficient (Wildman–Crippen LogP) is 3.29. The van der Waals surface area contributed by atoms with Gasteiger partial charge < -0.3 is 5.11 Å². The van der Waals surface area contributed by atoms with E-state index in [9.17, 15) is 9.90 Å². The number of phenolic OH excluding ortho intramolecular Hbond substituents is 1. The molecule has 0 fully saturated rings. The molecule has 22 heavy (non-hydrogen) atoms. The summed E-state index contributed by atoms with van der Waals surface area (Å²) in [6.45, 7) is 2.49. The summed E-state index contributed by atoms with van der Waals surface area (Å²) >= 11 is 0. The number of fused-ring (bicyclic) bond motifs is 1. The molecule has 0 saturated heterocycles. The molecule has 110 valence electrons. The van der Waals surface area contributed by atoms with Gasteiger partial charge in [0.05, 0.1) is 10.9 Å². The van der Waals surface area contributed by atoms with Crippen LogP contribution in [0.2, 0.25) is 0 Å². The summed E-state index contributed by atoms with van der Waals surface area (Å²) in [6, 6.07) is 14.2. The molecule has 1 heterocycles. The van der Waals surface area contributed by atoms with Crippen molar-refractivity contribution in [2.24, 2.45) is 0 Å². The van der Waals surface area contributed by atoms with Crippen LogP contribution in [0.5, 0.6) is 5.75 Å². The fourth-order valence-corrected chi connectivity index (χ4v) is 2.37. The van der Waals surface area contributed by atoms with Gasteiger partial charge in [-0.2, -0.15) is 0 Å². The number of aromatic hydroxyl groups is 1. The Hall–Kier alpha value is -2.88. The van der Waals surface area contributed by atoms with Crippen LogP contribution in [-0.4, -0.2) is 14.7 Å². The molecule has 0 unspecified atom stereocenters. The van der Waals surface area contributed by atoms with Crippen molar-refractivity contribution < 1.29 is 5.11 Å². The summed E-state index contributed by atoms with van der Waals surface area (Å²) in [5.74, 6) is 0.853. The Balaban J connectivity index is 2.09. The molecule has 2 aromatic carbocycles. The molecule has 0 radical (unpaired) electrons. The Bertz CT molecular complexity index is 893. The van der Waals surface area contributed by atoms with E-state index in [4.69, 9.17) is 0 Å². The maximum atomic E-state index is 12.5. The first-order valence-electron chi connectivity index (χ1n) is 7.15. The Morgan fingerprint density at radius 1 is 1.09 bits per heavy atom. The second-order valence-corrected chi connectivity index (χ2v) is 4.96. The van der Waals surface area contributed by atoms with Crippen LogP contribution in [0.15, 0.2) is 53.3 Å². The number of hydrogen-bond donors (Lipinski definition) is 1. The summed E-state index contributed by atoms with van der Waals surface area (Å²) in [5.41, 5.74) is 1.60.